The van der Waals surface area contributed by atoms with Crippen LogP contribution in [-0.2, 0) is 5.54 Å². The summed E-state index contributed by atoms with van der Waals surface area (Å²) in [4.78, 5) is 9.10. The molecule has 0 radical (unpaired) electrons. The minimum atomic E-state index is 0.0449. The van der Waals surface area contributed by atoms with Gasteiger partial charge in [-0.3, -0.25) is 4.98 Å². The zero-order valence-corrected chi connectivity index (χ0v) is 12.0. The molecule has 2 aromatic heterocycles. The smallest absolute Gasteiger partial charge is 0.130 e. The summed E-state index contributed by atoms with van der Waals surface area (Å²) in [5, 5.41) is 3.69. The van der Waals surface area contributed by atoms with Crippen LogP contribution in [0.3, 0.4) is 0 Å². The number of aromatic nitrogens is 3. The van der Waals surface area contributed by atoms with Gasteiger partial charge in [0, 0.05) is 12.2 Å². The number of pyridine rings is 1. The first-order chi connectivity index (χ1) is 9.18. The molecule has 3 rings (SSSR count). The lowest BCUT2D eigenvalue weighted by atomic mass is 9.93. The largest absolute Gasteiger partial charge is 0.324 e. The lowest BCUT2D eigenvalue weighted by molar-refractivity contribution is 0.332. The van der Waals surface area contributed by atoms with Crippen LogP contribution in [0.15, 0.2) is 18.5 Å². The van der Waals surface area contributed by atoms with Crippen LogP contribution in [0, 0.1) is 0 Å². The summed E-state index contributed by atoms with van der Waals surface area (Å²) < 4.78 is 2.37. The summed E-state index contributed by atoms with van der Waals surface area (Å²) in [5.74, 6) is 1.19. The minimum absolute atomic E-state index is 0.0449. The van der Waals surface area contributed by atoms with Gasteiger partial charge in [-0.25, -0.2) is 4.98 Å². The number of rotatable bonds is 3. The number of nitrogens with zero attached hydrogens (tertiary/aromatic N) is 3. The lowest BCUT2D eigenvalue weighted by Crippen LogP contribution is -2.39. The van der Waals surface area contributed by atoms with Crippen molar-refractivity contribution >= 4 is 11.0 Å². The van der Waals surface area contributed by atoms with E-state index in [-0.39, 0.29) is 5.54 Å². The van der Waals surface area contributed by atoms with E-state index in [1.807, 2.05) is 12.4 Å². The van der Waals surface area contributed by atoms with E-state index in [4.69, 9.17) is 4.98 Å². The Morgan fingerprint density at radius 3 is 2.95 bits per heavy atom. The fourth-order valence-corrected chi connectivity index (χ4v) is 3.27. The van der Waals surface area contributed by atoms with Crippen LogP contribution in [0.25, 0.3) is 11.0 Å². The van der Waals surface area contributed by atoms with Crippen molar-refractivity contribution in [3.8, 4) is 0 Å². The molecule has 0 spiro atoms. The van der Waals surface area contributed by atoms with Crippen LogP contribution >= 0.6 is 0 Å². The molecule has 0 amide bonds. The van der Waals surface area contributed by atoms with Gasteiger partial charge in [0.05, 0.1) is 17.3 Å². The molecule has 1 unspecified atom stereocenters. The quantitative estimate of drug-likeness (QED) is 0.920. The van der Waals surface area contributed by atoms with Gasteiger partial charge in [0.1, 0.15) is 11.3 Å². The normalized spacial score (nSPS) is 23.6. The zero-order valence-electron chi connectivity index (χ0n) is 12.0. The minimum Gasteiger partial charge on any atom is -0.324 e. The van der Waals surface area contributed by atoms with E-state index in [0.717, 1.165) is 18.5 Å². The van der Waals surface area contributed by atoms with Crippen LogP contribution in [0.1, 0.15) is 51.9 Å². The third kappa shape index (κ3) is 1.86. The number of nitrogens with one attached hydrogen (secondary N) is 1. The molecule has 4 nitrogen and oxygen atoms in total. The Labute approximate surface area is 114 Å². The van der Waals surface area contributed by atoms with Crippen molar-refractivity contribution in [2.24, 2.45) is 0 Å². The first kappa shape index (κ1) is 12.6. The maximum Gasteiger partial charge on any atom is 0.130 e. The maximum absolute atomic E-state index is 4.90. The molecular weight excluding hydrogens is 236 g/mol. The molecule has 102 valence electrons. The highest BCUT2D eigenvalue weighted by atomic mass is 15.2. The van der Waals surface area contributed by atoms with Crippen molar-refractivity contribution < 1.29 is 0 Å². The molecule has 1 aliphatic rings. The Morgan fingerprint density at radius 2 is 2.32 bits per heavy atom. The predicted molar refractivity (Wildman–Crippen MR) is 77.1 cm³/mol. The van der Waals surface area contributed by atoms with Crippen LogP contribution in [0.4, 0.5) is 0 Å². The SMILES string of the molecule is CCC1(c2nc3cnccc3n2C(C)C)CCCN1. The first-order valence-corrected chi connectivity index (χ1v) is 7.25. The average molecular weight is 258 g/mol. The van der Waals surface area contributed by atoms with Gasteiger partial charge in [-0.15, -0.1) is 0 Å². The second-order valence-electron chi connectivity index (χ2n) is 5.73. The third-order valence-electron chi connectivity index (χ3n) is 4.28. The molecule has 0 aromatic carbocycles. The summed E-state index contributed by atoms with van der Waals surface area (Å²) in [6.45, 7) is 7.79. The first-order valence-electron chi connectivity index (χ1n) is 7.25. The van der Waals surface area contributed by atoms with E-state index in [9.17, 15) is 0 Å². The molecule has 2 aromatic rings. The van der Waals surface area contributed by atoms with Gasteiger partial charge in [-0.05, 0) is 45.7 Å². The molecule has 0 bridgehead atoms. The lowest BCUT2D eigenvalue weighted by Gasteiger charge is -2.29. The molecule has 3 heterocycles. The van der Waals surface area contributed by atoms with Crippen LogP contribution in [0.5, 0.6) is 0 Å². The monoisotopic (exact) mass is 258 g/mol. The summed E-state index contributed by atoms with van der Waals surface area (Å²) in [7, 11) is 0. The summed E-state index contributed by atoms with van der Waals surface area (Å²) in [5.41, 5.74) is 2.25. The predicted octanol–water partition coefficient (Wildman–Crippen LogP) is 3.00. The molecule has 1 atom stereocenters. The van der Waals surface area contributed by atoms with E-state index >= 15 is 0 Å². The Hall–Kier alpha value is -1.42. The van der Waals surface area contributed by atoms with Crippen LogP contribution in [0.2, 0.25) is 0 Å². The van der Waals surface area contributed by atoms with Crippen molar-refractivity contribution in [2.75, 3.05) is 6.54 Å². The summed E-state index contributed by atoms with van der Waals surface area (Å²) in [6.07, 6.45) is 7.21. The summed E-state index contributed by atoms with van der Waals surface area (Å²) in [6, 6.07) is 2.48. The van der Waals surface area contributed by atoms with Gasteiger partial charge < -0.3 is 9.88 Å². The maximum atomic E-state index is 4.90. The van der Waals surface area contributed by atoms with Crippen molar-refractivity contribution in [1.29, 1.82) is 0 Å². The molecule has 1 saturated heterocycles. The second-order valence-corrected chi connectivity index (χ2v) is 5.73. The topological polar surface area (TPSA) is 42.7 Å². The van der Waals surface area contributed by atoms with E-state index in [0.29, 0.717) is 6.04 Å². The van der Waals surface area contributed by atoms with Gasteiger partial charge in [-0.2, -0.15) is 0 Å². The fraction of sp³-hybridized carbons (Fsp3) is 0.600. The average Bonchev–Trinajstić information content (AvgIpc) is 3.03. The van der Waals surface area contributed by atoms with E-state index in [1.54, 1.807) is 0 Å². The van der Waals surface area contributed by atoms with Gasteiger partial charge in [0.15, 0.2) is 0 Å². The Kier molecular flexibility index (Phi) is 3.05. The van der Waals surface area contributed by atoms with Gasteiger partial charge in [-0.1, -0.05) is 6.92 Å². The van der Waals surface area contributed by atoms with Crippen LogP contribution in [-0.4, -0.2) is 21.1 Å². The molecule has 4 heteroatoms. The summed E-state index contributed by atoms with van der Waals surface area (Å²) >= 11 is 0. The number of fused-ring (bicyclic) bond motifs is 1. The van der Waals surface area contributed by atoms with Crippen molar-refractivity contribution in [2.45, 2.75) is 51.6 Å². The number of hydrogen-bond acceptors (Lipinski definition) is 3. The zero-order chi connectivity index (χ0) is 13.5. The second kappa shape index (κ2) is 4.60. The van der Waals surface area contributed by atoms with Gasteiger partial charge in [0.2, 0.25) is 0 Å². The van der Waals surface area contributed by atoms with Crippen molar-refractivity contribution in [3.63, 3.8) is 0 Å². The third-order valence-corrected chi connectivity index (χ3v) is 4.28. The highest BCUT2D eigenvalue weighted by Gasteiger charge is 2.38. The highest BCUT2D eigenvalue weighted by molar-refractivity contribution is 5.75. The Bertz CT molecular complexity index is 579. The van der Waals surface area contributed by atoms with E-state index < -0.39 is 0 Å². The number of imidazole rings is 1. The Morgan fingerprint density at radius 1 is 1.47 bits per heavy atom. The van der Waals surface area contributed by atoms with Gasteiger partial charge in [0.25, 0.3) is 0 Å². The molecule has 1 aliphatic heterocycles. The van der Waals surface area contributed by atoms with Crippen molar-refractivity contribution in [3.05, 3.63) is 24.3 Å². The molecule has 0 aliphatic carbocycles. The molecule has 1 fully saturated rings. The van der Waals surface area contributed by atoms with Crippen LogP contribution < -0.4 is 5.32 Å². The molecule has 0 saturated carbocycles. The van der Waals surface area contributed by atoms with E-state index in [2.05, 4.69) is 41.7 Å². The molecular formula is C15H22N4. The molecule has 1 N–H and O–H groups in total. The number of hydrogen-bond donors (Lipinski definition) is 1. The molecule has 19 heavy (non-hydrogen) atoms. The fourth-order valence-electron chi connectivity index (χ4n) is 3.27. The Balaban J connectivity index is 2.25. The standard InChI is InChI=1S/C15H22N4/c1-4-15(7-5-8-17-15)14-18-12-10-16-9-6-13(12)19(14)11(2)3/h6,9-11,17H,4-5,7-8H2,1-3H3. The van der Waals surface area contributed by atoms with Crippen molar-refractivity contribution in [1.82, 2.24) is 19.9 Å². The van der Waals surface area contributed by atoms with Gasteiger partial charge >= 0.3 is 0 Å². The highest BCUT2D eigenvalue weighted by Crippen LogP contribution is 2.36. The van der Waals surface area contributed by atoms with E-state index in [1.165, 1.54) is 24.2 Å².